The molecule has 10 heteroatoms. The molecule has 0 atom stereocenters. The Morgan fingerprint density at radius 2 is 1.82 bits per heavy atom. The van der Waals surface area contributed by atoms with Gasteiger partial charge in [0.15, 0.2) is 16.8 Å². The highest BCUT2D eigenvalue weighted by Gasteiger charge is 2.17. The molecular weight excluding hydrogens is 288 g/mol. The van der Waals surface area contributed by atoms with Crippen molar-refractivity contribution in [3.8, 4) is 0 Å². The van der Waals surface area contributed by atoms with Crippen LogP contribution in [0.1, 0.15) is 0 Å². The molecule has 0 aliphatic heterocycles. The van der Waals surface area contributed by atoms with Gasteiger partial charge in [-0.15, -0.1) is 0 Å². The third kappa shape index (κ3) is 1.43. The number of aryl methyl sites for hydroxylation is 2. The van der Waals surface area contributed by atoms with Gasteiger partial charge in [-0.3, -0.25) is 9.36 Å². The van der Waals surface area contributed by atoms with Crippen LogP contribution in [0.15, 0.2) is 34.8 Å². The zero-order valence-electron chi connectivity index (χ0n) is 11.7. The van der Waals surface area contributed by atoms with Crippen LogP contribution in [0.25, 0.3) is 22.3 Å². The van der Waals surface area contributed by atoms with Gasteiger partial charge in [0.05, 0.1) is 12.5 Å². The van der Waals surface area contributed by atoms with Crippen molar-refractivity contribution in [3.05, 3.63) is 46.0 Å². The molecule has 0 saturated carbocycles. The van der Waals surface area contributed by atoms with Crippen molar-refractivity contribution in [1.29, 1.82) is 0 Å². The summed E-state index contributed by atoms with van der Waals surface area (Å²) in [6.07, 6.45) is 5.70. The monoisotopic (exact) mass is 298 g/mol. The van der Waals surface area contributed by atoms with Crippen LogP contribution < -0.4 is 11.2 Å². The Bertz CT molecular complexity index is 1150. The van der Waals surface area contributed by atoms with Crippen LogP contribution in [0.2, 0.25) is 0 Å². The molecule has 0 bridgehead atoms. The van der Waals surface area contributed by atoms with Crippen LogP contribution in [0.4, 0.5) is 0 Å². The molecule has 0 aliphatic carbocycles. The van der Waals surface area contributed by atoms with Gasteiger partial charge in [-0.25, -0.2) is 29.4 Å². The maximum atomic E-state index is 12.7. The second kappa shape index (κ2) is 4.10. The lowest BCUT2D eigenvalue weighted by Gasteiger charge is -2.09. The van der Waals surface area contributed by atoms with E-state index in [1.807, 2.05) is 0 Å². The fraction of sp³-hybridized carbons (Fsp3) is 0.167. The Labute approximate surface area is 121 Å². The third-order valence-corrected chi connectivity index (χ3v) is 3.51. The van der Waals surface area contributed by atoms with Gasteiger partial charge in [0, 0.05) is 14.1 Å². The first kappa shape index (κ1) is 12.4. The van der Waals surface area contributed by atoms with Crippen LogP contribution in [-0.2, 0) is 14.1 Å². The molecule has 0 unspecified atom stereocenters. The number of aromatic nitrogens is 8. The molecule has 0 aliphatic rings. The van der Waals surface area contributed by atoms with E-state index in [1.54, 1.807) is 18.7 Å². The fourth-order valence-corrected chi connectivity index (χ4v) is 2.42. The minimum Gasteiger partial charge on any atom is -0.328 e. The van der Waals surface area contributed by atoms with Crippen molar-refractivity contribution >= 4 is 22.3 Å². The molecule has 4 aromatic heterocycles. The fourth-order valence-electron chi connectivity index (χ4n) is 2.42. The van der Waals surface area contributed by atoms with Gasteiger partial charge in [0.1, 0.15) is 18.2 Å². The molecule has 0 fully saturated rings. The highest BCUT2D eigenvalue weighted by atomic mass is 16.2. The van der Waals surface area contributed by atoms with Gasteiger partial charge in [-0.1, -0.05) is 0 Å². The molecule has 0 amide bonds. The zero-order chi connectivity index (χ0) is 15.4. The maximum absolute atomic E-state index is 12.7. The largest absolute Gasteiger partial charge is 0.352 e. The summed E-state index contributed by atoms with van der Waals surface area (Å²) in [5.41, 5.74) is 0.480. The van der Waals surface area contributed by atoms with Crippen LogP contribution in [0.3, 0.4) is 0 Å². The summed E-state index contributed by atoms with van der Waals surface area (Å²) >= 11 is 0. The maximum Gasteiger partial charge on any atom is 0.352 e. The smallest absolute Gasteiger partial charge is 0.328 e. The van der Waals surface area contributed by atoms with E-state index < -0.39 is 11.2 Å². The van der Waals surface area contributed by atoms with Gasteiger partial charge >= 0.3 is 11.2 Å². The summed E-state index contributed by atoms with van der Waals surface area (Å²) in [4.78, 5) is 41.4. The highest BCUT2D eigenvalue weighted by molar-refractivity contribution is 5.71. The quantitative estimate of drug-likeness (QED) is 0.441. The van der Waals surface area contributed by atoms with Gasteiger partial charge in [-0.2, -0.15) is 4.68 Å². The Balaban J connectivity index is 2.22. The normalized spacial score (nSPS) is 11.5. The number of nitrogens with zero attached hydrogens (tertiary/aromatic N) is 8. The second-order valence-electron chi connectivity index (χ2n) is 4.81. The number of hydrogen-bond acceptors (Lipinski definition) is 6. The van der Waals surface area contributed by atoms with E-state index in [0.717, 1.165) is 4.68 Å². The Hall–Kier alpha value is -3.30. The van der Waals surface area contributed by atoms with Crippen LogP contribution in [0.5, 0.6) is 0 Å². The van der Waals surface area contributed by atoms with E-state index in [2.05, 4.69) is 19.9 Å². The first-order chi connectivity index (χ1) is 10.6. The highest BCUT2D eigenvalue weighted by Crippen LogP contribution is 2.07. The molecule has 10 nitrogen and oxygen atoms in total. The minimum absolute atomic E-state index is 0.318. The van der Waals surface area contributed by atoms with Gasteiger partial charge in [-0.05, 0) is 0 Å². The molecule has 4 heterocycles. The average Bonchev–Trinajstić information content (AvgIpc) is 3.10. The van der Waals surface area contributed by atoms with E-state index in [1.165, 1.54) is 34.4 Å². The summed E-state index contributed by atoms with van der Waals surface area (Å²) in [5, 5.41) is 0. The molecule has 0 saturated heterocycles. The summed E-state index contributed by atoms with van der Waals surface area (Å²) in [5.74, 6) is 0. The van der Waals surface area contributed by atoms with E-state index in [9.17, 15) is 9.59 Å². The van der Waals surface area contributed by atoms with Gasteiger partial charge in [0.2, 0.25) is 0 Å². The number of fused-ring (bicyclic) bond motifs is 2. The second-order valence-corrected chi connectivity index (χ2v) is 4.81. The van der Waals surface area contributed by atoms with Crippen molar-refractivity contribution in [3.63, 3.8) is 0 Å². The molecule has 0 spiro atoms. The van der Waals surface area contributed by atoms with Crippen molar-refractivity contribution in [2.75, 3.05) is 0 Å². The third-order valence-electron chi connectivity index (χ3n) is 3.51. The first-order valence-electron chi connectivity index (χ1n) is 6.36. The zero-order valence-corrected chi connectivity index (χ0v) is 11.7. The number of hydrogen-bond donors (Lipinski definition) is 0. The van der Waals surface area contributed by atoms with Gasteiger partial charge in [0.25, 0.3) is 0 Å². The van der Waals surface area contributed by atoms with E-state index in [-0.39, 0.29) is 0 Å². The molecule has 4 aromatic rings. The van der Waals surface area contributed by atoms with Crippen molar-refractivity contribution in [2.45, 2.75) is 0 Å². The molecular formula is C12H10N8O2. The molecule has 0 aromatic carbocycles. The summed E-state index contributed by atoms with van der Waals surface area (Å²) in [7, 11) is 3.25. The summed E-state index contributed by atoms with van der Waals surface area (Å²) < 4.78 is 5.17. The van der Waals surface area contributed by atoms with Crippen LogP contribution in [0, 0.1) is 0 Å². The predicted octanol–water partition coefficient (Wildman–Crippen LogP) is -1.12. The lowest BCUT2D eigenvalue weighted by atomic mass is 10.5. The van der Waals surface area contributed by atoms with Gasteiger partial charge < -0.3 is 4.57 Å². The van der Waals surface area contributed by atoms with E-state index in [4.69, 9.17) is 0 Å². The van der Waals surface area contributed by atoms with Crippen LogP contribution in [-0.4, -0.2) is 38.4 Å². The van der Waals surface area contributed by atoms with Crippen molar-refractivity contribution in [2.24, 2.45) is 14.1 Å². The summed E-state index contributed by atoms with van der Waals surface area (Å²) in [6.45, 7) is 0. The molecule has 22 heavy (non-hydrogen) atoms. The number of rotatable bonds is 1. The lowest BCUT2D eigenvalue weighted by Crippen LogP contribution is -2.42. The Kier molecular flexibility index (Phi) is 2.32. The Morgan fingerprint density at radius 1 is 1.00 bits per heavy atom. The van der Waals surface area contributed by atoms with E-state index >= 15 is 0 Å². The van der Waals surface area contributed by atoms with Crippen molar-refractivity contribution < 1.29 is 0 Å². The molecule has 0 radical (unpaired) electrons. The van der Waals surface area contributed by atoms with Crippen LogP contribution >= 0.6 is 0 Å². The average molecular weight is 298 g/mol. The molecule has 4 rings (SSSR count). The predicted molar refractivity (Wildman–Crippen MR) is 76.3 cm³/mol. The SMILES string of the molecule is Cn1cnc2c1c(=O)n(-n1cnc3cncnc31)c(=O)n2C. The number of imidazole rings is 2. The lowest BCUT2D eigenvalue weighted by molar-refractivity contribution is 0.576. The van der Waals surface area contributed by atoms with Crippen molar-refractivity contribution in [1.82, 2.24) is 38.4 Å². The Morgan fingerprint density at radius 3 is 2.64 bits per heavy atom. The topological polar surface area (TPSA) is 105 Å². The minimum atomic E-state index is -0.533. The van der Waals surface area contributed by atoms with E-state index in [0.29, 0.717) is 22.3 Å². The summed E-state index contributed by atoms with van der Waals surface area (Å²) in [6, 6.07) is 0. The molecule has 110 valence electrons. The first-order valence-corrected chi connectivity index (χ1v) is 6.36. The standard InChI is InChI=1S/C12H10N8O2/c1-17-5-16-10-8(17)11(21)20(12(22)18(10)2)19-6-15-7-3-13-4-14-9(7)19/h3-6H,1-2H3. The molecule has 0 N–H and O–H groups in total.